The molecular weight excluding hydrogens is 194 g/mol. The zero-order chi connectivity index (χ0) is 9.57. The van der Waals surface area contributed by atoms with Gasteiger partial charge in [0.15, 0.2) is 0 Å². The fraction of sp³-hybridized carbons (Fsp3) is 0.500. The quantitative estimate of drug-likeness (QED) is 0.550. The minimum absolute atomic E-state index is 2.45. The largest absolute Gasteiger partial charge is 0.588 e. The number of alkyl halides is 5. The van der Waals surface area contributed by atoms with E-state index in [9.17, 15) is 26.3 Å². The van der Waals surface area contributed by atoms with E-state index in [2.05, 4.69) is 9.47 Å². The molecule has 0 aromatic heterocycles. The first kappa shape index (κ1) is 9.01. The van der Waals surface area contributed by atoms with Crippen molar-refractivity contribution in [3.05, 3.63) is 11.8 Å². The van der Waals surface area contributed by atoms with E-state index in [1.54, 1.807) is 0 Å². The monoisotopic (exact) mass is 194 g/mol. The number of hydrogen-bond acceptors (Lipinski definition) is 2. The van der Waals surface area contributed by atoms with Crippen LogP contribution in [-0.2, 0) is 9.47 Å². The van der Waals surface area contributed by atoms with Crippen LogP contribution < -0.4 is 0 Å². The lowest BCUT2D eigenvalue weighted by atomic mass is 10.5. The van der Waals surface area contributed by atoms with Crippen LogP contribution in [0.15, 0.2) is 11.8 Å². The summed E-state index contributed by atoms with van der Waals surface area (Å²) in [5.41, 5.74) is 0. The first-order valence-corrected chi connectivity index (χ1v) is 2.45. The van der Waals surface area contributed by atoms with Gasteiger partial charge in [0.25, 0.3) is 5.76 Å². The molecule has 0 aromatic carbocycles. The van der Waals surface area contributed by atoms with Crippen LogP contribution in [0.25, 0.3) is 0 Å². The van der Waals surface area contributed by atoms with Gasteiger partial charge in [-0.3, -0.25) is 0 Å². The summed E-state index contributed by atoms with van der Waals surface area (Å²) in [5.74, 6) is -2.45. The van der Waals surface area contributed by atoms with Gasteiger partial charge in [0.05, 0.1) is 0 Å². The second-order valence-corrected chi connectivity index (χ2v) is 1.77. The highest BCUT2D eigenvalue weighted by atomic mass is 19.4. The van der Waals surface area contributed by atoms with E-state index in [4.69, 9.17) is 0 Å². The molecule has 0 amide bonds. The zero-order valence-corrected chi connectivity index (χ0v) is 5.08. The molecule has 0 saturated carbocycles. The average molecular weight is 194 g/mol. The van der Waals surface area contributed by atoms with Gasteiger partial charge < -0.3 is 9.47 Å². The fourth-order valence-electron chi connectivity index (χ4n) is 0.500. The molecule has 0 spiro atoms. The van der Waals surface area contributed by atoms with E-state index >= 15 is 0 Å². The van der Waals surface area contributed by atoms with Crippen molar-refractivity contribution in [2.45, 2.75) is 12.5 Å². The first-order valence-electron chi connectivity index (χ1n) is 2.45. The molecule has 0 bridgehead atoms. The van der Waals surface area contributed by atoms with Crippen molar-refractivity contribution >= 4 is 0 Å². The SMILES string of the molecule is FC1=C(C(F)(F)F)OC(F)(F)O1. The van der Waals surface area contributed by atoms with Crippen LogP contribution >= 0.6 is 0 Å². The molecule has 12 heavy (non-hydrogen) atoms. The average Bonchev–Trinajstić information content (AvgIpc) is 2.03. The maximum atomic E-state index is 11.9. The van der Waals surface area contributed by atoms with Gasteiger partial charge in [-0.05, 0) is 0 Å². The maximum absolute atomic E-state index is 11.9. The first-order chi connectivity index (χ1) is 5.22. The van der Waals surface area contributed by atoms with Crippen LogP contribution in [0.2, 0.25) is 0 Å². The molecule has 70 valence electrons. The number of ether oxygens (including phenoxy) is 2. The van der Waals surface area contributed by atoms with Crippen LogP contribution in [0.3, 0.4) is 0 Å². The minimum Gasteiger partial charge on any atom is -0.387 e. The molecule has 1 rings (SSSR count). The van der Waals surface area contributed by atoms with Crippen molar-refractivity contribution in [2.24, 2.45) is 0 Å². The molecule has 1 aliphatic heterocycles. The Kier molecular flexibility index (Phi) is 1.66. The van der Waals surface area contributed by atoms with E-state index in [0.717, 1.165) is 0 Å². The van der Waals surface area contributed by atoms with Gasteiger partial charge in [-0.1, -0.05) is 0 Å². The molecule has 0 unspecified atom stereocenters. The van der Waals surface area contributed by atoms with E-state index in [1.807, 2.05) is 0 Å². The van der Waals surface area contributed by atoms with Crippen molar-refractivity contribution in [3.8, 4) is 0 Å². The van der Waals surface area contributed by atoms with Crippen molar-refractivity contribution < 1.29 is 35.8 Å². The van der Waals surface area contributed by atoms with Crippen molar-refractivity contribution in [1.29, 1.82) is 0 Å². The van der Waals surface area contributed by atoms with Gasteiger partial charge >= 0.3 is 18.5 Å². The topological polar surface area (TPSA) is 18.5 Å². The Bertz CT molecular complexity index is 228. The Hall–Kier alpha value is -1.08. The lowest BCUT2D eigenvalue weighted by Crippen LogP contribution is -2.20. The molecule has 0 aliphatic carbocycles. The summed E-state index contributed by atoms with van der Waals surface area (Å²) in [6.07, 6.45) is -9.89. The third kappa shape index (κ3) is 1.56. The van der Waals surface area contributed by atoms with E-state index < -0.39 is 24.2 Å². The standard InChI is InChI=1S/C4F6O2/c5-2-1(3(6,7)8)11-4(9,10)12-2. The Labute approximate surface area is 61.4 Å². The molecule has 2 nitrogen and oxygen atoms in total. The summed E-state index contributed by atoms with van der Waals surface area (Å²) < 4.78 is 75.6. The lowest BCUT2D eigenvalue weighted by molar-refractivity contribution is -0.350. The smallest absolute Gasteiger partial charge is 0.387 e. The third-order valence-electron chi connectivity index (χ3n) is 0.865. The Balaban J connectivity index is 2.88. The molecule has 0 N–H and O–H groups in total. The Morgan fingerprint density at radius 3 is 1.75 bits per heavy atom. The minimum atomic E-state index is -5.32. The molecule has 0 atom stereocenters. The van der Waals surface area contributed by atoms with E-state index in [-0.39, 0.29) is 0 Å². The fourth-order valence-corrected chi connectivity index (χ4v) is 0.500. The zero-order valence-electron chi connectivity index (χ0n) is 5.08. The van der Waals surface area contributed by atoms with Crippen LogP contribution in [0.5, 0.6) is 0 Å². The number of rotatable bonds is 0. The van der Waals surface area contributed by atoms with Gasteiger partial charge in [-0.25, -0.2) is 0 Å². The highest BCUT2D eigenvalue weighted by Crippen LogP contribution is 2.41. The molecule has 8 heteroatoms. The van der Waals surface area contributed by atoms with Gasteiger partial charge in [0, 0.05) is 0 Å². The molecule has 1 aliphatic rings. The Morgan fingerprint density at radius 1 is 1.08 bits per heavy atom. The van der Waals surface area contributed by atoms with Crippen LogP contribution in [0.1, 0.15) is 0 Å². The summed E-state index contributed by atoms with van der Waals surface area (Å²) in [5, 5.41) is 0. The van der Waals surface area contributed by atoms with Crippen molar-refractivity contribution in [2.75, 3.05) is 0 Å². The van der Waals surface area contributed by atoms with E-state index in [0.29, 0.717) is 0 Å². The third-order valence-corrected chi connectivity index (χ3v) is 0.865. The summed E-state index contributed by atoms with van der Waals surface area (Å²) in [6.45, 7) is 0. The van der Waals surface area contributed by atoms with Crippen molar-refractivity contribution in [3.63, 3.8) is 0 Å². The molecule has 0 aromatic rings. The molecule has 1 heterocycles. The highest BCUT2D eigenvalue weighted by Gasteiger charge is 2.55. The normalized spacial score (nSPS) is 22.2. The number of hydrogen-bond donors (Lipinski definition) is 0. The number of halogens is 6. The van der Waals surface area contributed by atoms with Gasteiger partial charge in [-0.2, -0.15) is 17.6 Å². The lowest BCUT2D eigenvalue weighted by Gasteiger charge is -2.08. The van der Waals surface area contributed by atoms with Crippen LogP contribution in [0.4, 0.5) is 26.3 Å². The second kappa shape index (κ2) is 2.20. The predicted molar refractivity (Wildman–Crippen MR) is 21.3 cm³/mol. The predicted octanol–water partition coefficient (Wildman–Crippen LogP) is 2.28. The van der Waals surface area contributed by atoms with Gasteiger partial charge in [0.2, 0.25) is 0 Å². The van der Waals surface area contributed by atoms with E-state index in [1.165, 1.54) is 0 Å². The van der Waals surface area contributed by atoms with Crippen LogP contribution in [-0.4, -0.2) is 12.5 Å². The van der Waals surface area contributed by atoms with Gasteiger partial charge in [0.1, 0.15) is 0 Å². The maximum Gasteiger partial charge on any atom is 0.588 e. The molecule has 0 fully saturated rings. The highest BCUT2D eigenvalue weighted by molar-refractivity contribution is 5.05. The summed E-state index contributed by atoms with van der Waals surface area (Å²) in [7, 11) is 0. The molecular formula is C4F6O2. The van der Waals surface area contributed by atoms with Crippen molar-refractivity contribution in [1.82, 2.24) is 0 Å². The second-order valence-electron chi connectivity index (χ2n) is 1.77. The molecule has 0 radical (unpaired) electrons. The summed E-state index contributed by atoms with van der Waals surface area (Å²) in [4.78, 5) is 0. The van der Waals surface area contributed by atoms with Crippen LogP contribution in [0, 0.1) is 0 Å². The summed E-state index contributed by atoms with van der Waals surface area (Å²) >= 11 is 0. The number of allylic oxidation sites excluding steroid dienone is 1. The summed E-state index contributed by atoms with van der Waals surface area (Å²) in [6, 6.07) is -2.47. The van der Waals surface area contributed by atoms with Gasteiger partial charge in [-0.15, -0.1) is 8.78 Å². The Morgan fingerprint density at radius 2 is 1.58 bits per heavy atom. The molecule has 0 saturated heterocycles.